The maximum atomic E-state index is 8.70. The van der Waals surface area contributed by atoms with Crippen LogP contribution in [0.2, 0.25) is 0 Å². The van der Waals surface area contributed by atoms with Gasteiger partial charge >= 0.3 is 0 Å². The second-order valence-electron chi connectivity index (χ2n) is 4.67. The zero-order chi connectivity index (χ0) is 12.9. The Morgan fingerprint density at radius 3 is 2.29 bits per heavy atom. The molecule has 1 atom stereocenters. The van der Waals surface area contributed by atoms with Gasteiger partial charge in [0.15, 0.2) is 0 Å². The first-order valence-corrected chi connectivity index (χ1v) is 5.82. The van der Waals surface area contributed by atoms with E-state index in [2.05, 4.69) is 38.9 Å². The number of hydrogen-bond acceptors (Lipinski definition) is 3. The topological polar surface area (TPSA) is 36.3 Å². The first-order valence-electron chi connectivity index (χ1n) is 5.82. The molecule has 0 saturated carbocycles. The maximum absolute atomic E-state index is 8.70. The molecule has 0 aromatic heterocycles. The van der Waals surface area contributed by atoms with Gasteiger partial charge in [-0.3, -0.25) is 0 Å². The zero-order valence-electron chi connectivity index (χ0n) is 11.0. The van der Waals surface area contributed by atoms with Gasteiger partial charge in [0.05, 0.1) is 17.2 Å². The van der Waals surface area contributed by atoms with Crippen LogP contribution in [0.1, 0.15) is 25.8 Å². The van der Waals surface area contributed by atoms with Crippen molar-refractivity contribution in [1.82, 2.24) is 4.90 Å². The van der Waals surface area contributed by atoms with Gasteiger partial charge in [-0.1, -0.05) is 6.92 Å². The lowest BCUT2D eigenvalue weighted by molar-refractivity contribution is 0.0933. The van der Waals surface area contributed by atoms with Crippen LogP contribution >= 0.6 is 0 Å². The van der Waals surface area contributed by atoms with Gasteiger partial charge in [0, 0.05) is 0 Å². The normalized spacial score (nSPS) is 14.1. The summed E-state index contributed by atoms with van der Waals surface area (Å²) in [6, 6.07) is 9.31. The van der Waals surface area contributed by atoms with Crippen LogP contribution in [0.4, 0.5) is 0 Å². The molecule has 0 bridgehead atoms. The van der Waals surface area contributed by atoms with Crippen LogP contribution in [0.25, 0.3) is 0 Å². The van der Waals surface area contributed by atoms with Crippen LogP contribution < -0.4 is 4.74 Å². The predicted octanol–water partition coefficient (Wildman–Crippen LogP) is 2.67. The van der Waals surface area contributed by atoms with Crippen molar-refractivity contribution < 1.29 is 4.74 Å². The Morgan fingerprint density at radius 2 is 1.88 bits per heavy atom. The van der Waals surface area contributed by atoms with Crippen molar-refractivity contribution in [1.29, 1.82) is 5.26 Å². The molecule has 0 aliphatic carbocycles. The molecule has 0 spiro atoms. The second kappa shape index (κ2) is 5.70. The van der Waals surface area contributed by atoms with E-state index in [4.69, 9.17) is 10.00 Å². The number of nitrogens with zero attached hydrogens (tertiary/aromatic N) is 2. The summed E-state index contributed by atoms with van der Waals surface area (Å²) in [6.07, 6.45) is 1.02. The fourth-order valence-corrected chi connectivity index (χ4v) is 1.41. The molecule has 0 fully saturated rings. The average molecular weight is 232 g/mol. The zero-order valence-corrected chi connectivity index (χ0v) is 11.0. The third kappa shape index (κ3) is 3.47. The van der Waals surface area contributed by atoms with Crippen molar-refractivity contribution in [3.63, 3.8) is 0 Å². The first-order chi connectivity index (χ1) is 8.01. The Bertz CT molecular complexity index is 392. The standard InChI is InChI=1S/C14H20N2O/c1-5-14(2,16(3)4)11-17-13-8-6-12(10-15)7-9-13/h6-9H,5,11H2,1-4H3. The quantitative estimate of drug-likeness (QED) is 0.783. The smallest absolute Gasteiger partial charge is 0.119 e. The lowest BCUT2D eigenvalue weighted by Gasteiger charge is -2.35. The van der Waals surface area contributed by atoms with Gasteiger partial charge in [-0.05, 0) is 51.7 Å². The number of benzene rings is 1. The van der Waals surface area contributed by atoms with Gasteiger partial charge in [0.25, 0.3) is 0 Å². The van der Waals surface area contributed by atoms with Gasteiger partial charge in [0.1, 0.15) is 12.4 Å². The lowest BCUT2D eigenvalue weighted by atomic mass is 9.99. The first kappa shape index (κ1) is 13.5. The summed E-state index contributed by atoms with van der Waals surface area (Å²) in [4.78, 5) is 2.18. The van der Waals surface area contributed by atoms with Crippen molar-refractivity contribution in [3.05, 3.63) is 29.8 Å². The van der Waals surface area contributed by atoms with E-state index in [1.165, 1.54) is 0 Å². The number of ether oxygens (including phenoxy) is 1. The molecule has 0 aliphatic rings. The summed E-state index contributed by atoms with van der Waals surface area (Å²) in [5.41, 5.74) is 0.691. The molecular formula is C14H20N2O. The summed E-state index contributed by atoms with van der Waals surface area (Å²) < 4.78 is 5.77. The Morgan fingerprint density at radius 1 is 1.29 bits per heavy atom. The minimum absolute atomic E-state index is 0.0356. The van der Waals surface area contributed by atoms with Gasteiger partial charge < -0.3 is 9.64 Å². The highest BCUT2D eigenvalue weighted by molar-refractivity contribution is 5.34. The molecule has 3 nitrogen and oxygen atoms in total. The van der Waals surface area contributed by atoms with Crippen LogP contribution in [0.3, 0.4) is 0 Å². The fraction of sp³-hybridized carbons (Fsp3) is 0.500. The summed E-state index contributed by atoms with van der Waals surface area (Å²) in [5, 5.41) is 8.70. The van der Waals surface area contributed by atoms with E-state index in [0.717, 1.165) is 12.2 Å². The summed E-state index contributed by atoms with van der Waals surface area (Å²) in [7, 11) is 4.12. The molecule has 92 valence electrons. The third-order valence-electron chi connectivity index (χ3n) is 3.37. The molecule has 0 heterocycles. The maximum Gasteiger partial charge on any atom is 0.119 e. The molecular weight excluding hydrogens is 212 g/mol. The Balaban J connectivity index is 2.63. The molecule has 0 radical (unpaired) electrons. The van der Waals surface area contributed by atoms with Crippen LogP contribution in [0.15, 0.2) is 24.3 Å². The van der Waals surface area contributed by atoms with Gasteiger partial charge in [-0.15, -0.1) is 0 Å². The van der Waals surface area contributed by atoms with E-state index >= 15 is 0 Å². The molecule has 1 aromatic rings. The molecule has 1 aromatic carbocycles. The number of nitriles is 1. The minimum atomic E-state index is 0.0356. The largest absolute Gasteiger partial charge is 0.492 e. The summed E-state index contributed by atoms with van der Waals surface area (Å²) in [5.74, 6) is 0.811. The van der Waals surface area contributed by atoms with Crippen molar-refractivity contribution in [3.8, 4) is 11.8 Å². The molecule has 0 N–H and O–H groups in total. The SMILES string of the molecule is CCC(C)(COc1ccc(C#N)cc1)N(C)C. The second-order valence-corrected chi connectivity index (χ2v) is 4.67. The van der Waals surface area contributed by atoms with E-state index in [0.29, 0.717) is 12.2 Å². The highest BCUT2D eigenvalue weighted by Gasteiger charge is 2.25. The van der Waals surface area contributed by atoms with E-state index in [9.17, 15) is 0 Å². The van der Waals surface area contributed by atoms with Crippen LogP contribution in [-0.4, -0.2) is 31.1 Å². The van der Waals surface area contributed by atoms with Gasteiger partial charge in [-0.25, -0.2) is 0 Å². The Hall–Kier alpha value is -1.53. The monoisotopic (exact) mass is 232 g/mol. The summed E-state index contributed by atoms with van der Waals surface area (Å²) >= 11 is 0. The molecule has 0 saturated heterocycles. The van der Waals surface area contributed by atoms with Crippen LogP contribution in [0, 0.1) is 11.3 Å². The van der Waals surface area contributed by atoms with E-state index < -0.39 is 0 Å². The van der Waals surface area contributed by atoms with E-state index in [1.54, 1.807) is 12.1 Å². The molecule has 3 heteroatoms. The highest BCUT2D eigenvalue weighted by atomic mass is 16.5. The van der Waals surface area contributed by atoms with Crippen molar-refractivity contribution in [2.75, 3.05) is 20.7 Å². The van der Waals surface area contributed by atoms with Crippen molar-refractivity contribution in [2.45, 2.75) is 25.8 Å². The molecule has 17 heavy (non-hydrogen) atoms. The molecule has 0 aliphatic heterocycles. The fourth-order valence-electron chi connectivity index (χ4n) is 1.41. The lowest BCUT2D eigenvalue weighted by Crippen LogP contribution is -2.45. The van der Waals surface area contributed by atoms with Gasteiger partial charge in [0.2, 0.25) is 0 Å². The summed E-state index contributed by atoms with van der Waals surface area (Å²) in [6.45, 7) is 4.97. The molecule has 0 amide bonds. The van der Waals surface area contributed by atoms with Crippen molar-refractivity contribution in [2.24, 2.45) is 0 Å². The van der Waals surface area contributed by atoms with E-state index in [1.807, 2.05) is 12.1 Å². The molecule has 1 unspecified atom stereocenters. The number of hydrogen-bond donors (Lipinski definition) is 0. The minimum Gasteiger partial charge on any atom is -0.492 e. The Labute approximate surface area is 104 Å². The third-order valence-corrected chi connectivity index (χ3v) is 3.37. The number of rotatable bonds is 5. The Kier molecular flexibility index (Phi) is 4.53. The van der Waals surface area contributed by atoms with Crippen LogP contribution in [0.5, 0.6) is 5.75 Å². The predicted molar refractivity (Wildman–Crippen MR) is 69.0 cm³/mol. The van der Waals surface area contributed by atoms with E-state index in [-0.39, 0.29) is 5.54 Å². The highest BCUT2D eigenvalue weighted by Crippen LogP contribution is 2.19. The van der Waals surface area contributed by atoms with Crippen LogP contribution in [-0.2, 0) is 0 Å². The number of likely N-dealkylation sites (N-methyl/N-ethyl adjacent to an activating group) is 1. The average Bonchev–Trinajstić information content (AvgIpc) is 2.36. The van der Waals surface area contributed by atoms with Gasteiger partial charge in [-0.2, -0.15) is 5.26 Å². The molecule has 1 rings (SSSR count). The van der Waals surface area contributed by atoms with Crippen molar-refractivity contribution >= 4 is 0 Å².